The number of Topliss-reactive ketones (excluding diaryl/α,β-unsaturated/α-hetero) is 1. The quantitative estimate of drug-likeness (QED) is 0.399. The molecule has 3 fully saturated rings. The van der Waals surface area contributed by atoms with E-state index in [1.807, 2.05) is 0 Å². The van der Waals surface area contributed by atoms with Gasteiger partial charge in [-0.2, -0.15) is 0 Å². The summed E-state index contributed by atoms with van der Waals surface area (Å²) in [4.78, 5) is 40.2. The second kappa shape index (κ2) is 7.05. The molecule has 0 spiro atoms. The summed E-state index contributed by atoms with van der Waals surface area (Å²) in [6.07, 6.45) is 5.49. The van der Waals surface area contributed by atoms with Gasteiger partial charge in [-0.05, 0) is 66.5 Å². The Hall–Kier alpha value is -3.41. The minimum Gasteiger partial charge on any atom is -0.497 e. The number of anilines is 1. The summed E-state index contributed by atoms with van der Waals surface area (Å²) in [6.45, 7) is -0.115. The second-order valence-electron chi connectivity index (χ2n) is 9.10. The molecule has 0 radical (unpaired) electrons. The molecule has 2 bridgehead atoms. The molecule has 6 atom stereocenters. The standard InChI is InChI=1S/C26H23NO5/c1-31-17-4-2-3-14(11-17)22(28)13-32-16-7-5-15(6-8-16)27-25(29)23-18-9-10-19(21-12-20(18)21)24(23)26(27)30/h2-11,18-21,23-24H,12-13H2,1H3/t18-,19+,20-,21-,23+,24-/m1/s1. The largest absolute Gasteiger partial charge is 0.497 e. The molecule has 2 aromatic carbocycles. The highest BCUT2D eigenvalue weighted by atomic mass is 16.5. The molecule has 1 aliphatic heterocycles. The van der Waals surface area contributed by atoms with Crippen LogP contribution in [0.1, 0.15) is 16.8 Å². The van der Waals surface area contributed by atoms with E-state index in [0.29, 0.717) is 34.6 Å². The molecule has 162 valence electrons. The van der Waals surface area contributed by atoms with Crippen molar-refractivity contribution in [2.24, 2.45) is 35.5 Å². The van der Waals surface area contributed by atoms with Gasteiger partial charge in [0, 0.05) is 5.56 Å². The molecule has 5 aliphatic rings. The van der Waals surface area contributed by atoms with E-state index in [1.54, 1.807) is 55.6 Å². The lowest BCUT2D eigenvalue weighted by Crippen LogP contribution is -2.40. The van der Waals surface area contributed by atoms with Crippen LogP contribution in [0, 0.1) is 35.5 Å². The first-order chi connectivity index (χ1) is 15.6. The molecule has 2 saturated carbocycles. The maximum absolute atomic E-state index is 13.2. The number of imide groups is 1. The Morgan fingerprint density at radius 3 is 2.22 bits per heavy atom. The number of amides is 2. The van der Waals surface area contributed by atoms with Gasteiger partial charge in [0.2, 0.25) is 11.8 Å². The molecule has 4 aliphatic carbocycles. The third-order valence-corrected chi connectivity index (χ3v) is 7.52. The van der Waals surface area contributed by atoms with Crippen LogP contribution in [0.4, 0.5) is 5.69 Å². The van der Waals surface area contributed by atoms with Crippen molar-refractivity contribution in [2.45, 2.75) is 6.42 Å². The second-order valence-corrected chi connectivity index (χ2v) is 9.10. The van der Waals surface area contributed by atoms with Gasteiger partial charge in [0.1, 0.15) is 11.5 Å². The Balaban J connectivity index is 1.15. The molecule has 1 saturated heterocycles. The van der Waals surface area contributed by atoms with Gasteiger partial charge in [0.05, 0.1) is 24.6 Å². The van der Waals surface area contributed by atoms with E-state index in [1.165, 1.54) is 4.90 Å². The minimum atomic E-state index is -0.210. The van der Waals surface area contributed by atoms with E-state index < -0.39 is 0 Å². The van der Waals surface area contributed by atoms with Crippen molar-refractivity contribution in [2.75, 3.05) is 18.6 Å². The van der Waals surface area contributed by atoms with Crippen molar-refractivity contribution in [1.82, 2.24) is 0 Å². The number of carbonyl (C=O) groups is 3. The number of methoxy groups -OCH3 is 1. The predicted octanol–water partition coefficient (Wildman–Crippen LogP) is 3.51. The topological polar surface area (TPSA) is 72.9 Å². The van der Waals surface area contributed by atoms with E-state index in [9.17, 15) is 14.4 Å². The summed E-state index contributed by atoms with van der Waals surface area (Å²) in [6, 6.07) is 13.7. The summed E-state index contributed by atoms with van der Waals surface area (Å²) in [5.74, 6) is 1.97. The lowest BCUT2D eigenvalue weighted by atomic mass is 9.63. The zero-order chi connectivity index (χ0) is 22.0. The summed E-state index contributed by atoms with van der Waals surface area (Å²) >= 11 is 0. The first kappa shape index (κ1) is 19.3. The minimum absolute atomic E-state index is 0.0772. The van der Waals surface area contributed by atoms with Crippen LogP contribution in [-0.4, -0.2) is 31.3 Å². The number of nitrogens with zero attached hydrogens (tertiary/aromatic N) is 1. The summed E-state index contributed by atoms with van der Waals surface area (Å²) in [5.41, 5.74) is 1.08. The zero-order valence-corrected chi connectivity index (χ0v) is 17.6. The number of ketones is 1. The summed E-state index contributed by atoms with van der Waals surface area (Å²) in [5, 5.41) is 0. The van der Waals surface area contributed by atoms with Crippen LogP contribution in [0.15, 0.2) is 60.7 Å². The third kappa shape index (κ3) is 2.82. The molecule has 1 heterocycles. The van der Waals surface area contributed by atoms with Crippen molar-refractivity contribution in [3.8, 4) is 11.5 Å². The van der Waals surface area contributed by atoms with E-state index in [4.69, 9.17) is 9.47 Å². The van der Waals surface area contributed by atoms with E-state index in [0.717, 1.165) is 6.42 Å². The lowest BCUT2D eigenvalue weighted by molar-refractivity contribution is -0.124. The highest BCUT2D eigenvalue weighted by Crippen LogP contribution is 2.65. The summed E-state index contributed by atoms with van der Waals surface area (Å²) in [7, 11) is 1.55. The Morgan fingerprint density at radius 1 is 0.938 bits per heavy atom. The molecule has 7 rings (SSSR count). The Kier molecular flexibility index (Phi) is 4.25. The van der Waals surface area contributed by atoms with Crippen LogP contribution in [0.3, 0.4) is 0 Å². The van der Waals surface area contributed by atoms with Crippen molar-refractivity contribution < 1.29 is 23.9 Å². The van der Waals surface area contributed by atoms with Crippen LogP contribution < -0.4 is 14.4 Å². The average molecular weight is 429 g/mol. The van der Waals surface area contributed by atoms with Crippen LogP contribution in [0.5, 0.6) is 11.5 Å². The maximum atomic E-state index is 13.2. The van der Waals surface area contributed by atoms with Crippen molar-refractivity contribution in [1.29, 1.82) is 0 Å². The fourth-order valence-corrected chi connectivity index (χ4v) is 5.93. The van der Waals surface area contributed by atoms with Crippen molar-refractivity contribution in [3.05, 3.63) is 66.2 Å². The van der Waals surface area contributed by atoms with Gasteiger partial charge in [0.25, 0.3) is 0 Å². The molecule has 0 aromatic heterocycles. The van der Waals surface area contributed by atoms with Crippen molar-refractivity contribution in [3.63, 3.8) is 0 Å². The fourth-order valence-electron chi connectivity index (χ4n) is 5.93. The SMILES string of the molecule is COc1cccc(C(=O)COc2ccc(N3C(=O)[C@@H]4[C@H]5C=C[C@H]([C@H]6C[C@H]56)[C@@H]4C3=O)cc2)c1. The normalized spacial score (nSPS) is 31.3. The lowest BCUT2D eigenvalue weighted by Gasteiger charge is -2.37. The smallest absolute Gasteiger partial charge is 0.238 e. The molecule has 2 amide bonds. The molecule has 0 unspecified atom stereocenters. The number of rotatable bonds is 6. The van der Waals surface area contributed by atoms with Gasteiger partial charge in [-0.3, -0.25) is 19.3 Å². The molecular weight excluding hydrogens is 406 g/mol. The van der Waals surface area contributed by atoms with Crippen LogP contribution >= 0.6 is 0 Å². The summed E-state index contributed by atoms with van der Waals surface area (Å²) < 4.78 is 10.8. The molecular formula is C26H23NO5. The van der Waals surface area contributed by atoms with Gasteiger partial charge >= 0.3 is 0 Å². The number of carbonyl (C=O) groups excluding carboxylic acids is 3. The Bertz CT molecular complexity index is 1120. The highest BCUT2D eigenvalue weighted by molar-refractivity contribution is 6.22. The number of allylic oxidation sites excluding steroid dienone is 2. The van der Waals surface area contributed by atoms with Gasteiger partial charge in [-0.1, -0.05) is 24.3 Å². The van der Waals surface area contributed by atoms with Crippen LogP contribution in [0.25, 0.3) is 0 Å². The third-order valence-electron chi connectivity index (χ3n) is 7.52. The van der Waals surface area contributed by atoms with E-state index >= 15 is 0 Å². The fraction of sp³-hybridized carbons (Fsp3) is 0.346. The van der Waals surface area contributed by atoms with Gasteiger partial charge in [0.15, 0.2) is 12.4 Å². The number of ether oxygens (including phenoxy) is 2. The Morgan fingerprint density at radius 2 is 1.59 bits per heavy atom. The molecule has 6 nitrogen and oxygen atoms in total. The van der Waals surface area contributed by atoms with E-state index in [-0.39, 0.29) is 47.9 Å². The van der Waals surface area contributed by atoms with E-state index in [2.05, 4.69) is 12.2 Å². The average Bonchev–Trinajstić information content (AvgIpc) is 3.61. The van der Waals surface area contributed by atoms with Gasteiger partial charge < -0.3 is 9.47 Å². The molecule has 2 aromatic rings. The highest BCUT2D eigenvalue weighted by Gasteiger charge is 2.67. The zero-order valence-electron chi connectivity index (χ0n) is 17.6. The molecule has 32 heavy (non-hydrogen) atoms. The maximum Gasteiger partial charge on any atom is 0.238 e. The van der Waals surface area contributed by atoms with Crippen LogP contribution in [0.2, 0.25) is 0 Å². The number of hydrogen-bond acceptors (Lipinski definition) is 5. The first-order valence-electron chi connectivity index (χ1n) is 11.0. The predicted molar refractivity (Wildman–Crippen MR) is 116 cm³/mol. The number of benzene rings is 2. The van der Waals surface area contributed by atoms with Gasteiger partial charge in [-0.15, -0.1) is 0 Å². The van der Waals surface area contributed by atoms with Gasteiger partial charge in [-0.25, -0.2) is 0 Å². The van der Waals surface area contributed by atoms with Crippen molar-refractivity contribution >= 4 is 23.3 Å². The van der Waals surface area contributed by atoms with Crippen LogP contribution in [-0.2, 0) is 9.59 Å². The monoisotopic (exact) mass is 429 g/mol. The molecule has 0 N–H and O–H groups in total. The Labute approximate surface area is 185 Å². The molecule has 6 heteroatoms. The first-order valence-corrected chi connectivity index (χ1v) is 11.0. The number of hydrogen-bond donors (Lipinski definition) is 0.